The van der Waals surface area contributed by atoms with Crippen LogP contribution in [0, 0.1) is 0 Å². The molecule has 1 aliphatic rings. The first-order chi connectivity index (χ1) is 6.25. The zero-order valence-electron chi connectivity index (χ0n) is 8.93. The minimum absolute atomic E-state index is 0.724. The fourth-order valence-corrected chi connectivity index (χ4v) is 2.59. The number of alkyl halides is 1. The first-order valence-electron chi connectivity index (χ1n) is 5.57. The van der Waals surface area contributed by atoms with E-state index in [1.54, 1.807) is 0 Å². The first-order valence-corrected chi connectivity index (χ1v) is 6.69. The molecule has 1 nitrogen and oxygen atoms in total. The van der Waals surface area contributed by atoms with Crippen molar-refractivity contribution in [1.29, 1.82) is 0 Å². The summed E-state index contributed by atoms with van der Waals surface area (Å²) in [6.45, 7) is 5.92. The SMILES string of the molecule is CC(C)N(CCCBr)C1CCCC1. The highest BCUT2D eigenvalue weighted by Gasteiger charge is 2.23. The Morgan fingerprint density at radius 2 is 1.92 bits per heavy atom. The normalized spacial score (nSPS) is 19.2. The van der Waals surface area contributed by atoms with Crippen LogP contribution in [0.3, 0.4) is 0 Å². The molecule has 0 heterocycles. The Morgan fingerprint density at radius 1 is 1.31 bits per heavy atom. The van der Waals surface area contributed by atoms with E-state index in [1.165, 1.54) is 38.6 Å². The minimum atomic E-state index is 0.724. The summed E-state index contributed by atoms with van der Waals surface area (Å²) in [5, 5.41) is 1.14. The van der Waals surface area contributed by atoms with Crippen molar-refractivity contribution in [2.45, 2.75) is 58.0 Å². The molecule has 0 aliphatic heterocycles. The van der Waals surface area contributed by atoms with Crippen LogP contribution < -0.4 is 0 Å². The molecule has 0 saturated heterocycles. The van der Waals surface area contributed by atoms with Gasteiger partial charge in [0, 0.05) is 17.4 Å². The van der Waals surface area contributed by atoms with E-state index >= 15 is 0 Å². The lowest BCUT2D eigenvalue weighted by Gasteiger charge is -2.32. The van der Waals surface area contributed by atoms with Gasteiger partial charge in [-0.25, -0.2) is 0 Å². The van der Waals surface area contributed by atoms with Gasteiger partial charge in [0.25, 0.3) is 0 Å². The molecule has 0 amide bonds. The van der Waals surface area contributed by atoms with E-state index in [9.17, 15) is 0 Å². The maximum Gasteiger partial charge on any atom is 0.00979 e. The number of halogens is 1. The van der Waals surface area contributed by atoms with Crippen molar-refractivity contribution in [1.82, 2.24) is 4.90 Å². The summed E-state index contributed by atoms with van der Waals surface area (Å²) in [5.74, 6) is 0. The van der Waals surface area contributed by atoms with Crippen molar-refractivity contribution >= 4 is 15.9 Å². The van der Waals surface area contributed by atoms with Gasteiger partial charge in [-0.2, -0.15) is 0 Å². The van der Waals surface area contributed by atoms with Gasteiger partial charge in [0.15, 0.2) is 0 Å². The lowest BCUT2D eigenvalue weighted by atomic mass is 10.1. The first kappa shape index (κ1) is 11.5. The van der Waals surface area contributed by atoms with Crippen LogP contribution in [0.15, 0.2) is 0 Å². The van der Waals surface area contributed by atoms with Crippen LogP contribution in [0.1, 0.15) is 46.0 Å². The molecule has 0 spiro atoms. The molecule has 0 N–H and O–H groups in total. The van der Waals surface area contributed by atoms with E-state index in [2.05, 4.69) is 34.7 Å². The third-order valence-corrected chi connectivity index (χ3v) is 3.57. The van der Waals surface area contributed by atoms with Gasteiger partial charge in [0.1, 0.15) is 0 Å². The topological polar surface area (TPSA) is 3.24 Å². The Labute approximate surface area is 91.0 Å². The van der Waals surface area contributed by atoms with Gasteiger partial charge in [0.05, 0.1) is 0 Å². The molecule has 2 heteroatoms. The number of hydrogen-bond donors (Lipinski definition) is 0. The second-order valence-corrected chi connectivity index (χ2v) is 5.11. The monoisotopic (exact) mass is 247 g/mol. The third-order valence-electron chi connectivity index (χ3n) is 3.01. The maximum absolute atomic E-state index is 3.51. The standard InChI is InChI=1S/C11H22BrN/c1-10(2)13(9-5-8-12)11-6-3-4-7-11/h10-11H,3-9H2,1-2H3. The molecule has 0 aromatic carbocycles. The van der Waals surface area contributed by atoms with E-state index in [0.29, 0.717) is 0 Å². The maximum atomic E-state index is 3.51. The minimum Gasteiger partial charge on any atom is -0.298 e. The molecule has 1 rings (SSSR count). The van der Waals surface area contributed by atoms with Crippen LogP contribution in [0.25, 0.3) is 0 Å². The summed E-state index contributed by atoms with van der Waals surface area (Å²) in [5.41, 5.74) is 0. The Bertz CT molecular complexity index is 130. The Morgan fingerprint density at radius 3 is 2.38 bits per heavy atom. The molecular weight excluding hydrogens is 226 g/mol. The van der Waals surface area contributed by atoms with Gasteiger partial charge in [-0.1, -0.05) is 28.8 Å². The number of hydrogen-bond acceptors (Lipinski definition) is 1. The van der Waals surface area contributed by atoms with Crippen molar-refractivity contribution in [3.63, 3.8) is 0 Å². The van der Waals surface area contributed by atoms with Crippen LogP contribution in [-0.2, 0) is 0 Å². The quantitative estimate of drug-likeness (QED) is 0.674. The highest BCUT2D eigenvalue weighted by atomic mass is 79.9. The summed E-state index contributed by atoms with van der Waals surface area (Å²) in [6, 6.07) is 1.61. The van der Waals surface area contributed by atoms with E-state index in [-0.39, 0.29) is 0 Å². The van der Waals surface area contributed by atoms with Crippen LogP contribution in [0.2, 0.25) is 0 Å². The Hall–Kier alpha value is 0.440. The van der Waals surface area contributed by atoms with Gasteiger partial charge in [-0.3, -0.25) is 4.90 Å². The lowest BCUT2D eigenvalue weighted by Crippen LogP contribution is -2.39. The Balaban J connectivity index is 2.36. The van der Waals surface area contributed by atoms with Gasteiger partial charge >= 0.3 is 0 Å². The van der Waals surface area contributed by atoms with Crippen molar-refractivity contribution in [2.24, 2.45) is 0 Å². The molecule has 0 atom stereocenters. The molecule has 0 unspecified atom stereocenters. The zero-order chi connectivity index (χ0) is 9.68. The third kappa shape index (κ3) is 3.59. The number of nitrogens with zero attached hydrogens (tertiary/aromatic N) is 1. The summed E-state index contributed by atoms with van der Waals surface area (Å²) in [4.78, 5) is 2.69. The van der Waals surface area contributed by atoms with Gasteiger partial charge < -0.3 is 0 Å². The van der Waals surface area contributed by atoms with Crippen molar-refractivity contribution < 1.29 is 0 Å². The second-order valence-electron chi connectivity index (χ2n) is 4.31. The molecule has 13 heavy (non-hydrogen) atoms. The molecule has 78 valence electrons. The van der Waals surface area contributed by atoms with Gasteiger partial charge in [-0.05, 0) is 39.7 Å². The van der Waals surface area contributed by atoms with E-state index in [1.807, 2.05) is 0 Å². The summed E-state index contributed by atoms with van der Waals surface area (Å²) >= 11 is 3.51. The smallest absolute Gasteiger partial charge is 0.00979 e. The fourth-order valence-electron chi connectivity index (χ4n) is 2.34. The molecule has 0 bridgehead atoms. The van der Waals surface area contributed by atoms with Crippen LogP contribution >= 0.6 is 15.9 Å². The van der Waals surface area contributed by atoms with Gasteiger partial charge in [0.2, 0.25) is 0 Å². The highest BCUT2D eigenvalue weighted by molar-refractivity contribution is 9.09. The van der Waals surface area contributed by atoms with Crippen LogP contribution in [0.4, 0.5) is 0 Å². The molecule has 0 aromatic heterocycles. The van der Waals surface area contributed by atoms with Crippen molar-refractivity contribution in [3.05, 3.63) is 0 Å². The van der Waals surface area contributed by atoms with Crippen molar-refractivity contribution in [3.8, 4) is 0 Å². The van der Waals surface area contributed by atoms with E-state index in [0.717, 1.165) is 17.4 Å². The van der Waals surface area contributed by atoms with Crippen molar-refractivity contribution in [2.75, 3.05) is 11.9 Å². The fraction of sp³-hybridized carbons (Fsp3) is 1.00. The lowest BCUT2D eigenvalue weighted by molar-refractivity contribution is 0.156. The van der Waals surface area contributed by atoms with E-state index in [4.69, 9.17) is 0 Å². The van der Waals surface area contributed by atoms with E-state index < -0.39 is 0 Å². The average Bonchev–Trinajstić information content (AvgIpc) is 2.57. The predicted octanol–water partition coefficient (Wildman–Crippen LogP) is 3.42. The summed E-state index contributed by atoms with van der Waals surface area (Å²) in [6.07, 6.45) is 7.04. The van der Waals surface area contributed by atoms with Crippen LogP contribution in [0.5, 0.6) is 0 Å². The molecule has 1 saturated carbocycles. The average molecular weight is 248 g/mol. The zero-order valence-corrected chi connectivity index (χ0v) is 10.5. The Kier molecular flexibility index (Phi) is 5.34. The molecule has 1 aliphatic carbocycles. The largest absolute Gasteiger partial charge is 0.298 e. The summed E-state index contributed by atoms with van der Waals surface area (Å²) in [7, 11) is 0. The summed E-state index contributed by atoms with van der Waals surface area (Å²) < 4.78 is 0. The van der Waals surface area contributed by atoms with Gasteiger partial charge in [-0.15, -0.1) is 0 Å². The van der Waals surface area contributed by atoms with Crippen LogP contribution in [-0.4, -0.2) is 28.9 Å². The molecule has 0 aromatic rings. The molecule has 1 fully saturated rings. The highest BCUT2D eigenvalue weighted by Crippen LogP contribution is 2.25. The molecule has 0 radical (unpaired) electrons. The second kappa shape index (κ2) is 6.02. The molecular formula is C11H22BrN. The predicted molar refractivity (Wildman–Crippen MR) is 62.5 cm³/mol. The number of rotatable bonds is 5.